The summed E-state index contributed by atoms with van der Waals surface area (Å²) in [5, 5.41) is 10.0. The molecule has 17 heavy (non-hydrogen) atoms. The minimum Gasteiger partial charge on any atom is -0.495 e. The molecule has 1 aromatic heterocycles. The molecule has 1 rings (SSSR count). The summed E-state index contributed by atoms with van der Waals surface area (Å²) in [5.74, 6) is 0.701. The molecule has 0 aromatic carbocycles. The molecule has 3 heteroatoms. The minimum absolute atomic E-state index is 0.417. The fourth-order valence-corrected chi connectivity index (χ4v) is 1.84. The highest BCUT2D eigenvalue weighted by Crippen LogP contribution is 2.22. The van der Waals surface area contributed by atoms with Gasteiger partial charge in [-0.2, -0.15) is 0 Å². The Bertz CT molecular complexity index is 315. The van der Waals surface area contributed by atoms with E-state index in [0.717, 1.165) is 18.4 Å². The van der Waals surface area contributed by atoms with Crippen LogP contribution in [0.5, 0.6) is 5.75 Å². The Morgan fingerprint density at radius 3 is 2.71 bits per heavy atom. The second-order valence-corrected chi connectivity index (χ2v) is 4.38. The lowest BCUT2D eigenvalue weighted by Crippen LogP contribution is -1.99. The lowest BCUT2D eigenvalue weighted by molar-refractivity contribution is 0.162. The first-order chi connectivity index (χ1) is 8.27. The topological polar surface area (TPSA) is 42.4 Å². The van der Waals surface area contributed by atoms with Crippen molar-refractivity contribution in [1.29, 1.82) is 0 Å². The van der Waals surface area contributed by atoms with Crippen molar-refractivity contribution < 1.29 is 9.84 Å². The number of unbranched alkanes of at least 4 members (excludes halogenated alkanes) is 4. The number of aliphatic hydroxyl groups excluding tert-OH is 1. The van der Waals surface area contributed by atoms with Gasteiger partial charge in [0.15, 0.2) is 0 Å². The maximum atomic E-state index is 10.0. The SMILES string of the molecule is CCCCCCCC(O)c1cncc(OC)c1. The quantitative estimate of drug-likeness (QED) is 0.704. The molecule has 0 aliphatic heterocycles. The van der Waals surface area contributed by atoms with Gasteiger partial charge in [0.05, 0.1) is 19.4 Å². The predicted molar refractivity (Wildman–Crippen MR) is 69.1 cm³/mol. The zero-order chi connectivity index (χ0) is 12.5. The molecular weight excluding hydrogens is 214 g/mol. The summed E-state index contributed by atoms with van der Waals surface area (Å²) in [6.45, 7) is 2.21. The highest BCUT2D eigenvalue weighted by atomic mass is 16.5. The summed E-state index contributed by atoms with van der Waals surface area (Å²) in [7, 11) is 1.61. The summed E-state index contributed by atoms with van der Waals surface area (Å²) in [4.78, 5) is 4.05. The van der Waals surface area contributed by atoms with Gasteiger partial charge in [-0.25, -0.2) is 0 Å². The Morgan fingerprint density at radius 2 is 2.00 bits per heavy atom. The molecular formula is C14H23NO2. The zero-order valence-electron chi connectivity index (χ0n) is 10.9. The summed E-state index contributed by atoms with van der Waals surface area (Å²) >= 11 is 0. The molecule has 0 saturated carbocycles. The van der Waals surface area contributed by atoms with Gasteiger partial charge in [0.1, 0.15) is 5.75 Å². The van der Waals surface area contributed by atoms with Crippen molar-refractivity contribution in [2.24, 2.45) is 0 Å². The van der Waals surface area contributed by atoms with Gasteiger partial charge in [-0.05, 0) is 12.5 Å². The Kier molecular flexibility index (Phi) is 6.63. The van der Waals surface area contributed by atoms with Crippen molar-refractivity contribution in [3.8, 4) is 5.75 Å². The van der Waals surface area contributed by atoms with Crippen LogP contribution in [-0.2, 0) is 0 Å². The largest absolute Gasteiger partial charge is 0.495 e. The normalized spacial score (nSPS) is 12.4. The van der Waals surface area contributed by atoms with Crippen molar-refractivity contribution >= 4 is 0 Å². The van der Waals surface area contributed by atoms with Crippen LogP contribution in [0.3, 0.4) is 0 Å². The van der Waals surface area contributed by atoms with Crippen LogP contribution in [0, 0.1) is 0 Å². The van der Waals surface area contributed by atoms with Gasteiger partial charge in [0, 0.05) is 11.8 Å². The third kappa shape index (κ3) is 5.18. The first-order valence-corrected chi connectivity index (χ1v) is 6.45. The van der Waals surface area contributed by atoms with Crippen LogP contribution in [-0.4, -0.2) is 17.2 Å². The van der Waals surface area contributed by atoms with Crippen LogP contribution in [0.2, 0.25) is 0 Å². The van der Waals surface area contributed by atoms with Crippen LogP contribution in [0.25, 0.3) is 0 Å². The smallest absolute Gasteiger partial charge is 0.137 e. The van der Waals surface area contributed by atoms with Crippen LogP contribution >= 0.6 is 0 Å². The summed E-state index contributed by atoms with van der Waals surface area (Å²) in [6, 6.07) is 1.85. The summed E-state index contributed by atoms with van der Waals surface area (Å²) in [6.07, 6.45) is 9.81. The fraction of sp³-hybridized carbons (Fsp3) is 0.643. The molecule has 1 unspecified atom stereocenters. The Balaban J connectivity index is 2.33. The minimum atomic E-state index is -0.417. The second kappa shape index (κ2) is 8.07. The molecule has 0 aliphatic carbocycles. The Morgan fingerprint density at radius 1 is 1.24 bits per heavy atom. The number of aliphatic hydroxyl groups is 1. The fourth-order valence-electron chi connectivity index (χ4n) is 1.84. The van der Waals surface area contributed by atoms with E-state index in [1.165, 1.54) is 25.7 Å². The first-order valence-electron chi connectivity index (χ1n) is 6.45. The van der Waals surface area contributed by atoms with Gasteiger partial charge in [-0.3, -0.25) is 4.98 Å². The molecule has 0 saturated heterocycles. The number of methoxy groups -OCH3 is 1. The van der Waals surface area contributed by atoms with Gasteiger partial charge in [0.2, 0.25) is 0 Å². The lowest BCUT2D eigenvalue weighted by Gasteiger charge is -2.11. The Hall–Kier alpha value is -1.09. The predicted octanol–water partition coefficient (Wildman–Crippen LogP) is 3.48. The number of nitrogens with zero attached hydrogens (tertiary/aromatic N) is 1. The van der Waals surface area contributed by atoms with E-state index < -0.39 is 6.10 Å². The van der Waals surface area contributed by atoms with E-state index in [-0.39, 0.29) is 0 Å². The van der Waals surface area contributed by atoms with Crippen molar-refractivity contribution in [3.05, 3.63) is 24.0 Å². The van der Waals surface area contributed by atoms with Crippen molar-refractivity contribution in [2.75, 3.05) is 7.11 Å². The zero-order valence-corrected chi connectivity index (χ0v) is 10.9. The number of ether oxygens (including phenoxy) is 1. The molecule has 0 amide bonds. The average Bonchev–Trinajstić information content (AvgIpc) is 2.38. The number of hydrogen-bond acceptors (Lipinski definition) is 3. The Labute approximate surface area is 104 Å². The lowest BCUT2D eigenvalue weighted by atomic mass is 10.0. The van der Waals surface area contributed by atoms with Gasteiger partial charge < -0.3 is 9.84 Å². The molecule has 0 radical (unpaired) electrons. The van der Waals surface area contributed by atoms with E-state index in [1.807, 2.05) is 6.07 Å². The molecule has 1 heterocycles. The van der Waals surface area contributed by atoms with E-state index in [0.29, 0.717) is 5.75 Å². The number of rotatable bonds is 8. The van der Waals surface area contributed by atoms with Crippen LogP contribution < -0.4 is 4.74 Å². The molecule has 0 bridgehead atoms. The molecule has 1 N–H and O–H groups in total. The van der Waals surface area contributed by atoms with E-state index in [1.54, 1.807) is 19.5 Å². The van der Waals surface area contributed by atoms with Crippen LogP contribution in [0.15, 0.2) is 18.5 Å². The van der Waals surface area contributed by atoms with Crippen molar-refractivity contribution in [2.45, 2.75) is 51.6 Å². The molecule has 96 valence electrons. The molecule has 0 spiro atoms. The maximum absolute atomic E-state index is 10.0. The highest BCUT2D eigenvalue weighted by Gasteiger charge is 2.08. The van der Waals surface area contributed by atoms with E-state index in [4.69, 9.17) is 4.74 Å². The third-order valence-electron chi connectivity index (χ3n) is 2.94. The second-order valence-electron chi connectivity index (χ2n) is 4.38. The average molecular weight is 237 g/mol. The van der Waals surface area contributed by atoms with Gasteiger partial charge in [-0.15, -0.1) is 0 Å². The summed E-state index contributed by atoms with van der Waals surface area (Å²) in [5.41, 5.74) is 0.847. The van der Waals surface area contributed by atoms with E-state index in [2.05, 4.69) is 11.9 Å². The summed E-state index contributed by atoms with van der Waals surface area (Å²) < 4.78 is 5.09. The van der Waals surface area contributed by atoms with E-state index >= 15 is 0 Å². The molecule has 3 nitrogen and oxygen atoms in total. The standard InChI is InChI=1S/C14H23NO2/c1-3-4-5-6-7-8-14(16)12-9-13(17-2)11-15-10-12/h9-11,14,16H,3-8H2,1-2H3. The monoisotopic (exact) mass is 237 g/mol. The van der Waals surface area contributed by atoms with Gasteiger partial charge >= 0.3 is 0 Å². The van der Waals surface area contributed by atoms with Gasteiger partial charge in [0.25, 0.3) is 0 Å². The highest BCUT2D eigenvalue weighted by molar-refractivity contribution is 5.24. The number of pyridine rings is 1. The first kappa shape index (κ1) is 14.0. The molecule has 1 aromatic rings. The number of hydrogen-bond donors (Lipinski definition) is 1. The van der Waals surface area contributed by atoms with Crippen LogP contribution in [0.4, 0.5) is 0 Å². The van der Waals surface area contributed by atoms with E-state index in [9.17, 15) is 5.11 Å². The number of aromatic nitrogens is 1. The van der Waals surface area contributed by atoms with Crippen LogP contribution in [0.1, 0.15) is 57.1 Å². The molecule has 0 aliphatic rings. The molecule has 1 atom stereocenters. The van der Waals surface area contributed by atoms with Crippen molar-refractivity contribution in [1.82, 2.24) is 4.98 Å². The molecule has 0 fully saturated rings. The van der Waals surface area contributed by atoms with Crippen molar-refractivity contribution in [3.63, 3.8) is 0 Å². The third-order valence-corrected chi connectivity index (χ3v) is 2.94. The van der Waals surface area contributed by atoms with Gasteiger partial charge in [-0.1, -0.05) is 39.0 Å². The maximum Gasteiger partial charge on any atom is 0.137 e.